The van der Waals surface area contributed by atoms with Gasteiger partial charge in [0, 0.05) is 51.0 Å². The van der Waals surface area contributed by atoms with Crippen molar-refractivity contribution in [3.05, 3.63) is 59.2 Å². The Kier molecular flexibility index (Phi) is 8.59. The van der Waals surface area contributed by atoms with Gasteiger partial charge in [-0.25, -0.2) is 4.99 Å². The maximum atomic E-state index is 6.17. The number of nitrogens with zero attached hydrogens (tertiary/aromatic N) is 2. The molecule has 1 saturated heterocycles. The van der Waals surface area contributed by atoms with Crippen LogP contribution in [0.3, 0.4) is 0 Å². The van der Waals surface area contributed by atoms with Gasteiger partial charge in [-0.05, 0) is 49.6 Å². The average molecular weight is 425 g/mol. The van der Waals surface area contributed by atoms with Gasteiger partial charge in [-0.3, -0.25) is 0 Å². The standard InChI is InChI=1S/C25H36N4O2/c1-5-26-25(27-15-20-7-10-23(11-8-20)29(3)4)28-16-22-9-6-19(2)14-24(22)31-18-21-12-13-30-17-21/h6-11,14,21H,5,12-13,15-18H2,1-4H3,(H2,26,27,28). The van der Waals surface area contributed by atoms with Crippen LogP contribution in [0.15, 0.2) is 47.5 Å². The molecule has 0 radical (unpaired) electrons. The molecule has 0 aromatic heterocycles. The predicted octanol–water partition coefficient (Wildman–Crippen LogP) is 3.73. The maximum absolute atomic E-state index is 6.17. The summed E-state index contributed by atoms with van der Waals surface area (Å²) in [5, 5.41) is 6.78. The van der Waals surface area contributed by atoms with Crippen molar-refractivity contribution in [2.75, 3.05) is 45.4 Å². The van der Waals surface area contributed by atoms with Crippen molar-refractivity contribution in [1.29, 1.82) is 0 Å². The zero-order valence-corrected chi connectivity index (χ0v) is 19.3. The molecule has 1 unspecified atom stereocenters. The summed E-state index contributed by atoms with van der Waals surface area (Å²) in [6, 6.07) is 14.9. The molecular formula is C25H36N4O2. The lowest BCUT2D eigenvalue weighted by atomic mass is 10.1. The first-order valence-electron chi connectivity index (χ1n) is 11.1. The highest BCUT2D eigenvalue weighted by Gasteiger charge is 2.17. The molecule has 1 atom stereocenters. The summed E-state index contributed by atoms with van der Waals surface area (Å²) in [6.07, 6.45) is 1.08. The SMILES string of the molecule is CCNC(=NCc1ccc(N(C)C)cc1)NCc1ccc(C)cc1OCC1CCOC1. The molecule has 1 heterocycles. The van der Waals surface area contributed by atoms with E-state index in [1.165, 1.54) is 16.8 Å². The molecule has 6 heteroatoms. The van der Waals surface area contributed by atoms with E-state index in [1.54, 1.807) is 0 Å². The first-order chi connectivity index (χ1) is 15.0. The molecule has 1 aliphatic heterocycles. The number of aliphatic imine (C=N–C) groups is 1. The molecule has 0 amide bonds. The number of ether oxygens (including phenoxy) is 2. The van der Waals surface area contributed by atoms with Gasteiger partial charge in [0.05, 0.1) is 19.8 Å². The van der Waals surface area contributed by atoms with E-state index in [0.717, 1.165) is 43.5 Å². The highest BCUT2D eigenvalue weighted by molar-refractivity contribution is 5.79. The monoisotopic (exact) mass is 424 g/mol. The molecule has 0 spiro atoms. The van der Waals surface area contributed by atoms with Gasteiger partial charge < -0.3 is 25.0 Å². The van der Waals surface area contributed by atoms with Crippen LogP contribution in [0.5, 0.6) is 5.75 Å². The van der Waals surface area contributed by atoms with Crippen LogP contribution in [0.1, 0.15) is 30.0 Å². The third-order valence-corrected chi connectivity index (χ3v) is 5.38. The maximum Gasteiger partial charge on any atom is 0.191 e. The van der Waals surface area contributed by atoms with Crippen LogP contribution in [0, 0.1) is 12.8 Å². The first-order valence-corrected chi connectivity index (χ1v) is 11.1. The highest BCUT2D eigenvalue weighted by Crippen LogP contribution is 2.22. The third-order valence-electron chi connectivity index (χ3n) is 5.38. The molecule has 2 aromatic carbocycles. The molecule has 2 N–H and O–H groups in total. The Bertz CT molecular complexity index is 843. The number of benzene rings is 2. The molecule has 1 aliphatic rings. The van der Waals surface area contributed by atoms with Crippen molar-refractivity contribution in [3.63, 3.8) is 0 Å². The van der Waals surface area contributed by atoms with Gasteiger partial charge in [0.1, 0.15) is 5.75 Å². The smallest absolute Gasteiger partial charge is 0.191 e. The summed E-state index contributed by atoms with van der Waals surface area (Å²) in [7, 11) is 4.09. The summed E-state index contributed by atoms with van der Waals surface area (Å²) < 4.78 is 11.6. The normalized spacial score (nSPS) is 16.3. The Hall–Kier alpha value is -2.73. The lowest BCUT2D eigenvalue weighted by molar-refractivity contribution is 0.166. The van der Waals surface area contributed by atoms with Crippen molar-refractivity contribution in [1.82, 2.24) is 10.6 Å². The summed E-state index contributed by atoms with van der Waals surface area (Å²) in [5.74, 6) is 2.23. The summed E-state index contributed by atoms with van der Waals surface area (Å²) in [4.78, 5) is 6.85. The van der Waals surface area contributed by atoms with Crippen LogP contribution in [0.4, 0.5) is 5.69 Å². The van der Waals surface area contributed by atoms with Crippen LogP contribution in [-0.2, 0) is 17.8 Å². The molecule has 0 saturated carbocycles. The number of guanidine groups is 1. The Balaban J connectivity index is 1.61. The minimum Gasteiger partial charge on any atom is -0.493 e. The van der Waals surface area contributed by atoms with Gasteiger partial charge in [-0.2, -0.15) is 0 Å². The lowest BCUT2D eigenvalue weighted by Crippen LogP contribution is -2.36. The van der Waals surface area contributed by atoms with Gasteiger partial charge in [0.25, 0.3) is 0 Å². The van der Waals surface area contributed by atoms with Gasteiger partial charge in [0.2, 0.25) is 0 Å². The Morgan fingerprint density at radius 2 is 1.97 bits per heavy atom. The summed E-state index contributed by atoms with van der Waals surface area (Å²) in [5.41, 5.74) is 4.70. The zero-order chi connectivity index (χ0) is 22.1. The van der Waals surface area contributed by atoms with Gasteiger partial charge in [0.15, 0.2) is 5.96 Å². The van der Waals surface area contributed by atoms with E-state index in [0.29, 0.717) is 25.6 Å². The molecule has 2 aromatic rings. The first kappa shape index (κ1) is 22.9. The van der Waals surface area contributed by atoms with Crippen LogP contribution in [0.2, 0.25) is 0 Å². The number of anilines is 1. The molecule has 168 valence electrons. The molecular weight excluding hydrogens is 388 g/mol. The van der Waals surface area contributed by atoms with Gasteiger partial charge in [-0.15, -0.1) is 0 Å². The minimum atomic E-state index is 0.485. The third kappa shape index (κ3) is 7.17. The van der Waals surface area contributed by atoms with E-state index in [1.807, 2.05) is 14.1 Å². The number of nitrogens with one attached hydrogen (secondary N) is 2. The molecule has 3 rings (SSSR count). The van der Waals surface area contributed by atoms with Gasteiger partial charge >= 0.3 is 0 Å². The van der Waals surface area contributed by atoms with Crippen LogP contribution in [-0.4, -0.2) is 46.4 Å². The van der Waals surface area contributed by atoms with E-state index < -0.39 is 0 Å². The van der Waals surface area contributed by atoms with Crippen LogP contribution < -0.4 is 20.3 Å². The Morgan fingerprint density at radius 1 is 1.16 bits per heavy atom. The van der Waals surface area contributed by atoms with E-state index in [2.05, 4.69) is 71.8 Å². The summed E-state index contributed by atoms with van der Waals surface area (Å²) in [6.45, 7) is 8.61. The lowest BCUT2D eigenvalue weighted by Gasteiger charge is -2.17. The second-order valence-corrected chi connectivity index (χ2v) is 8.26. The van der Waals surface area contributed by atoms with Gasteiger partial charge in [-0.1, -0.05) is 24.3 Å². The highest BCUT2D eigenvalue weighted by atomic mass is 16.5. The Morgan fingerprint density at radius 3 is 2.65 bits per heavy atom. The predicted molar refractivity (Wildman–Crippen MR) is 128 cm³/mol. The molecule has 31 heavy (non-hydrogen) atoms. The van der Waals surface area contributed by atoms with Crippen molar-refractivity contribution < 1.29 is 9.47 Å². The second kappa shape index (κ2) is 11.6. The number of hydrogen-bond acceptors (Lipinski definition) is 4. The second-order valence-electron chi connectivity index (χ2n) is 8.26. The Labute approximate surface area is 186 Å². The zero-order valence-electron chi connectivity index (χ0n) is 19.3. The van der Waals surface area contributed by atoms with Crippen molar-refractivity contribution >= 4 is 11.6 Å². The average Bonchev–Trinajstić information content (AvgIpc) is 3.29. The van der Waals surface area contributed by atoms with Crippen molar-refractivity contribution in [2.24, 2.45) is 10.9 Å². The summed E-state index contributed by atoms with van der Waals surface area (Å²) >= 11 is 0. The number of hydrogen-bond donors (Lipinski definition) is 2. The van der Waals surface area contributed by atoms with Crippen LogP contribution in [0.25, 0.3) is 0 Å². The van der Waals surface area contributed by atoms with Crippen molar-refractivity contribution in [2.45, 2.75) is 33.4 Å². The van der Waals surface area contributed by atoms with E-state index >= 15 is 0 Å². The largest absolute Gasteiger partial charge is 0.493 e. The van der Waals surface area contributed by atoms with Crippen molar-refractivity contribution in [3.8, 4) is 5.75 Å². The fourth-order valence-corrected chi connectivity index (χ4v) is 3.46. The quantitative estimate of drug-likeness (QED) is 0.475. The number of rotatable bonds is 9. The molecule has 1 fully saturated rings. The minimum absolute atomic E-state index is 0.485. The van der Waals surface area contributed by atoms with E-state index in [-0.39, 0.29) is 0 Å². The fraction of sp³-hybridized carbons (Fsp3) is 0.480. The molecule has 0 bridgehead atoms. The van der Waals surface area contributed by atoms with Crippen LogP contribution >= 0.6 is 0 Å². The molecule has 0 aliphatic carbocycles. The van der Waals surface area contributed by atoms with E-state index in [4.69, 9.17) is 14.5 Å². The topological polar surface area (TPSA) is 58.1 Å². The fourth-order valence-electron chi connectivity index (χ4n) is 3.46. The van der Waals surface area contributed by atoms with E-state index in [9.17, 15) is 0 Å². The number of aryl methyl sites for hydroxylation is 1. The molecule has 6 nitrogen and oxygen atoms in total.